The number of rotatable bonds is 7. The largest absolute Gasteiger partial charge is 0.283 e. The van der Waals surface area contributed by atoms with Crippen molar-refractivity contribution >= 4 is 64.0 Å². The van der Waals surface area contributed by atoms with Crippen LogP contribution in [-0.2, 0) is 9.59 Å². The molecule has 1 fully saturated rings. The highest BCUT2D eigenvalue weighted by molar-refractivity contribution is 7.99. The molecule has 0 radical (unpaired) electrons. The number of nitrogens with zero attached hydrogens (tertiary/aromatic N) is 7. The fraction of sp³-hybridized carbons (Fsp3) is 0. The highest BCUT2D eigenvalue weighted by Gasteiger charge is 2.41. The zero-order valence-corrected chi connectivity index (χ0v) is 23.7. The molecule has 0 bridgehead atoms. The van der Waals surface area contributed by atoms with Crippen LogP contribution in [0.4, 0.5) is 17.1 Å². The number of carbonyl (C=O) groups excluding carboxylic acids is 2. The van der Waals surface area contributed by atoms with E-state index >= 15 is 0 Å². The summed E-state index contributed by atoms with van der Waals surface area (Å²) in [4.78, 5) is 41.9. The monoisotopic (exact) mass is 605 g/mol. The maximum absolute atomic E-state index is 13.8. The minimum absolute atomic E-state index is 0.00147. The van der Waals surface area contributed by atoms with Crippen molar-refractivity contribution in [2.75, 3.05) is 9.80 Å². The summed E-state index contributed by atoms with van der Waals surface area (Å²) < 4.78 is 1.48. The fourth-order valence-electron chi connectivity index (χ4n) is 4.43. The zero-order chi connectivity index (χ0) is 29.9. The first-order valence-electron chi connectivity index (χ1n) is 12.8. The van der Waals surface area contributed by atoms with Crippen molar-refractivity contribution in [3.63, 3.8) is 0 Å². The topological polar surface area (TPSA) is 127 Å². The standard InChI is InChI=1S/C30H19N7O4S2/c38-27-24(28(39)35(22-12-6-2-7-13-22)30(42)34(27)21-10-4-1-5-11-21)18-20-16-17-26(25(19-20)37(40)41)43-29-31-32-33-36(29)23-14-8-3-9-15-23/h1-19H. The number of aromatic nitrogens is 4. The number of nitro groups is 1. The molecule has 0 saturated carbocycles. The van der Waals surface area contributed by atoms with Gasteiger partial charge in [-0.25, -0.2) is 0 Å². The van der Waals surface area contributed by atoms with Gasteiger partial charge < -0.3 is 0 Å². The average molecular weight is 606 g/mol. The summed E-state index contributed by atoms with van der Waals surface area (Å²) in [6.07, 6.45) is 1.34. The van der Waals surface area contributed by atoms with E-state index in [0.717, 1.165) is 11.8 Å². The SMILES string of the molecule is O=C1C(=Cc2ccc(Sc3nnnn3-c3ccccc3)c([N+](=O)[O-])c2)C(=O)N(c2ccccc2)C(=S)N1c1ccccc1. The third-order valence-electron chi connectivity index (χ3n) is 6.41. The van der Waals surface area contributed by atoms with Crippen molar-refractivity contribution in [1.82, 2.24) is 20.2 Å². The molecule has 1 aliphatic rings. The summed E-state index contributed by atoms with van der Waals surface area (Å²) in [6, 6.07) is 31.0. The summed E-state index contributed by atoms with van der Waals surface area (Å²) in [7, 11) is 0. The highest BCUT2D eigenvalue weighted by Crippen LogP contribution is 2.36. The molecule has 1 aromatic heterocycles. The molecule has 6 rings (SSSR count). The molecule has 2 amide bonds. The Bertz CT molecular complexity index is 1830. The molecular weight excluding hydrogens is 587 g/mol. The Morgan fingerprint density at radius 2 is 1.30 bits per heavy atom. The van der Waals surface area contributed by atoms with Gasteiger partial charge in [-0.2, -0.15) is 4.68 Å². The van der Waals surface area contributed by atoms with E-state index in [0.29, 0.717) is 22.2 Å². The van der Waals surface area contributed by atoms with E-state index in [-0.39, 0.29) is 26.8 Å². The Morgan fingerprint density at radius 1 is 0.767 bits per heavy atom. The Hall–Kier alpha value is -5.53. The maximum Gasteiger partial charge on any atom is 0.283 e. The number of hydrogen-bond acceptors (Lipinski definition) is 9. The Labute approximate surface area is 254 Å². The third kappa shape index (κ3) is 5.41. The van der Waals surface area contributed by atoms with Gasteiger partial charge in [-0.15, -0.1) is 5.10 Å². The van der Waals surface area contributed by atoms with Gasteiger partial charge in [0.15, 0.2) is 5.11 Å². The second kappa shape index (κ2) is 11.8. The molecule has 0 unspecified atom stereocenters. The number of benzene rings is 4. The Balaban J connectivity index is 1.40. The molecule has 4 aromatic carbocycles. The summed E-state index contributed by atoms with van der Waals surface area (Å²) in [5.41, 5.74) is 1.48. The van der Waals surface area contributed by atoms with Gasteiger partial charge in [-0.05, 0) is 88.5 Å². The van der Waals surface area contributed by atoms with Crippen LogP contribution in [0.2, 0.25) is 0 Å². The molecular formula is C30H19N7O4S2. The molecule has 1 saturated heterocycles. The number of para-hydroxylation sites is 3. The van der Waals surface area contributed by atoms with Gasteiger partial charge >= 0.3 is 0 Å². The van der Waals surface area contributed by atoms with Gasteiger partial charge in [-0.3, -0.25) is 29.5 Å². The third-order valence-corrected chi connectivity index (χ3v) is 7.78. The van der Waals surface area contributed by atoms with Crippen LogP contribution >= 0.6 is 24.0 Å². The number of nitro benzene ring substituents is 1. The van der Waals surface area contributed by atoms with Crippen LogP contribution in [0.1, 0.15) is 5.56 Å². The smallest absolute Gasteiger partial charge is 0.268 e. The summed E-state index contributed by atoms with van der Waals surface area (Å²) in [6.45, 7) is 0. The van der Waals surface area contributed by atoms with Gasteiger partial charge in [0.1, 0.15) is 5.57 Å². The molecule has 5 aromatic rings. The molecule has 0 aliphatic carbocycles. The molecule has 0 atom stereocenters. The lowest BCUT2D eigenvalue weighted by Gasteiger charge is -2.36. The van der Waals surface area contributed by atoms with Crippen molar-refractivity contribution in [2.24, 2.45) is 0 Å². The quantitative estimate of drug-likeness (QED) is 0.0780. The van der Waals surface area contributed by atoms with E-state index < -0.39 is 16.7 Å². The van der Waals surface area contributed by atoms with Crippen LogP contribution in [-0.4, -0.2) is 42.1 Å². The van der Waals surface area contributed by atoms with Crippen LogP contribution in [0.25, 0.3) is 11.8 Å². The van der Waals surface area contributed by atoms with Gasteiger partial charge in [0.05, 0.1) is 26.9 Å². The fourth-order valence-corrected chi connectivity index (χ4v) is 5.68. The lowest BCUT2D eigenvalue weighted by Crippen LogP contribution is -2.56. The summed E-state index contributed by atoms with van der Waals surface area (Å²) in [5, 5.41) is 24.2. The minimum Gasteiger partial charge on any atom is -0.268 e. The second-order valence-electron chi connectivity index (χ2n) is 9.09. The maximum atomic E-state index is 13.8. The number of carbonyl (C=O) groups is 2. The van der Waals surface area contributed by atoms with E-state index in [1.54, 1.807) is 66.7 Å². The molecule has 11 nitrogen and oxygen atoms in total. The van der Waals surface area contributed by atoms with Crippen LogP contribution in [0, 0.1) is 10.1 Å². The van der Waals surface area contributed by atoms with Gasteiger partial charge in [0.2, 0.25) is 5.16 Å². The molecule has 0 N–H and O–H groups in total. The van der Waals surface area contributed by atoms with Crippen molar-refractivity contribution in [3.05, 3.63) is 130 Å². The summed E-state index contributed by atoms with van der Waals surface area (Å²) >= 11 is 6.65. The van der Waals surface area contributed by atoms with Gasteiger partial charge in [-0.1, -0.05) is 60.7 Å². The van der Waals surface area contributed by atoms with Crippen molar-refractivity contribution in [1.29, 1.82) is 0 Å². The van der Waals surface area contributed by atoms with Crippen LogP contribution in [0.5, 0.6) is 0 Å². The van der Waals surface area contributed by atoms with Crippen molar-refractivity contribution < 1.29 is 14.5 Å². The summed E-state index contributed by atoms with van der Waals surface area (Å²) in [5.74, 6) is -1.28. The number of anilines is 2. The first-order valence-corrected chi connectivity index (χ1v) is 14.0. The molecule has 210 valence electrons. The molecule has 0 spiro atoms. The van der Waals surface area contributed by atoms with Gasteiger partial charge in [0, 0.05) is 6.07 Å². The Kier molecular flexibility index (Phi) is 7.56. The molecule has 1 aliphatic heterocycles. The normalized spacial score (nSPS) is 13.4. The van der Waals surface area contributed by atoms with E-state index in [9.17, 15) is 19.7 Å². The van der Waals surface area contributed by atoms with Crippen LogP contribution in [0.3, 0.4) is 0 Å². The number of tetrazole rings is 1. The van der Waals surface area contributed by atoms with Crippen LogP contribution in [0.15, 0.2) is 125 Å². The van der Waals surface area contributed by atoms with Crippen LogP contribution < -0.4 is 9.80 Å². The molecule has 43 heavy (non-hydrogen) atoms. The molecule has 13 heteroatoms. The van der Waals surface area contributed by atoms with E-state index in [1.807, 2.05) is 30.3 Å². The molecule has 2 heterocycles. The number of hydrogen-bond donors (Lipinski definition) is 0. The second-order valence-corrected chi connectivity index (χ2v) is 10.5. The predicted octanol–water partition coefficient (Wildman–Crippen LogP) is 5.47. The van der Waals surface area contributed by atoms with Crippen molar-refractivity contribution in [3.8, 4) is 5.69 Å². The highest BCUT2D eigenvalue weighted by atomic mass is 32.2. The van der Waals surface area contributed by atoms with E-state index in [4.69, 9.17) is 12.2 Å². The predicted molar refractivity (Wildman–Crippen MR) is 165 cm³/mol. The number of thiocarbonyl (C=S) groups is 1. The van der Waals surface area contributed by atoms with E-state index in [1.165, 1.54) is 32.7 Å². The lowest BCUT2D eigenvalue weighted by atomic mass is 10.0. The first kappa shape index (κ1) is 27.6. The lowest BCUT2D eigenvalue weighted by molar-refractivity contribution is -0.387. The zero-order valence-electron chi connectivity index (χ0n) is 22.0. The van der Waals surface area contributed by atoms with Crippen molar-refractivity contribution in [2.45, 2.75) is 10.1 Å². The first-order chi connectivity index (χ1) is 20.9. The minimum atomic E-state index is -0.642. The average Bonchev–Trinajstić information content (AvgIpc) is 3.49. The number of amides is 2. The Morgan fingerprint density at radius 3 is 1.84 bits per heavy atom. The van der Waals surface area contributed by atoms with Gasteiger partial charge in [0.25, 0.3) is 17.5 Å². The van der Waals surface area contributed by atoms with E-state index in [2.05, 4.69) is 15.5 Å².